The summed E-state index contributed by atoms with van der Waals surface area (Å²) in [7, 11) is -10.2. The van der Waals surface area contributed by atoms with Crippen molar-refractivity contribution in [1.82, 2.24) is 48.1 Å². The Morgan fingerprint density at radius 3 is 1.43 bits per heavy atom. The minimum atomic E-state index is -3.66. The van der Waals surface area contributed by atoms with Gasteiger partial charge in [-0.1, -0.05) is 309 Å². The number of para-hydroxylation sites is 4. The first kappa shape index (κ1) is 82.5. The van der Waals surface area contributed by atoms with Crippen molar-refractivity contribution >= 4 is 255 Å². The van der Waals surface area contributed by atoms with Crippen molar-refractivity contribution in [3.05, 3.63) is 495 Å². The highest BCUT2D eigenvalue weighted by atomic mass is 31.2. The van der Waals surface area contributed by atoms with Crippen molar-refractivity contribution in [2.75, 3.05) is 0 Å². The van der Waals surface area contributed by atoms with Crippen LogP contribution in [0.1, 0.15) is 6.42 Å². The molecule has 18 aromatic carbocycles. The van der Waals surface area contributed by atoms with Crippen molar-refractivity contribution in [2.45, 2.75) is 6.42 Å². The monoisotopic (exact) mass is 1880 g/mol. The van der Waals surface area contributed by atoms with E-state index >= 15 is 13.7 Å². The Balaban J connectivity index is 0.000000103. The molecule has 9 aromatic heterocycles. The molecule has 9 heterocycles. The van der Waals surface area contributed by atoms with E-state index in [0.717, 1.165) is 181 Å². The van der Waals surface area contributed by atoms with E-state index in [1.807, 2.05) is 152 Å². The van der Waals surface area contributed by atoms with Gasteiger partial charge in [0, 0.05) is 126 Å². The van der Waals surface area contributed by atoms with E-state index in [4.69, 9.17) is 24.9 Å². The lowest BCUT2D eigenvalue weighted by Crippen LogP contribution is -2.28. The minimum absolute atomic E-state index is 0.191. The first-order valence-electron chi connectivity index (χ1n) is 48.2. The summed E-state index contributed by atoms with van der Waals surface area (Å²) in [6.07, 6.45) is 23.9. The molecule has 4 aliphatic rings. The van der Waals surface area contributed by atoms with Crippen LogP contribution in [0.4, 0.5) is 0 Å². The number of benzene rings is 18. The Hall–Kier alpha value is -17.6. The zero-order valence-corrected chi connectivity index (χ0v) is 79.4. The third kappa shape index (κ3) is 12.5. The van der Waals surface area contributed by atoms with Crippen molar-refractivity contribution in [3.63, 3.8) is 0 Å². The Bertz CT molecular complexity index is 10800. The van der Waals surface area contributed by atoms with Crippen LogP contribution in [0.5, 0.6) is 0 Å². The van der Waals surface area contributed by atoms with Gasteiger partial charge >= 0.3 is 0 Å². The van der Waals surface area contributed by atoms with Gasteiger partial charge in [0.25, 0.3) is 0 Å². The molecule has 27 aromatic rings. The van der Waals surface area contributed by atoms with Gasteiger partial charge in [0.2, 0.25) is 0 Å². The molecule has 0 aliphatic heterocycles. The highest BCUT2D eigenvalue weighted by Crippen LogP contribution is 2.59. The van der Waals surface area contributed by atoms with Gasteiger partial charge in [0.05, 0.1) is 71.7 Å². The summed E-state index contributed by atoms with van der Waals surface area (Å²) >= 11 is 0. The van der Waals surface area contributed by atoms with Crippen molar-refractivity contribution in [3.8, 4) is 0 Å². The normalized spacial score (nSPS) is 15.4. The van der Waals surface area contributed by atoms with Crippen LogP contribution in [-0.2, 0) is 13.7 Å². The molecule has 4 unspecified atom stereocenters. The lowest BCUT2D eigenvalue weighted by Gasteiger charge is -2.37. The number of rotatable bonds is 9. The van der Waals surface area contributed by atoms with Crippen LogP contribution in [0, 0.1) is 5.92 Å². The lowest BCUT2D eigenvalue weighted by molar-refractivity contribution is 0.590. The Morgan fingerprint density at radius 2 is 0.762 bits per heavy atom. The van der Waals surface area contributed by atoms with Crippen LogP contribution in [0.3, 0.4) is 0 Å². The molecule has 0 saturated carbocycles. The second kappa shape index (κ2) is 32.0. The van der Waals surface area contributed by atoms with Gasteiger partial charge in [-0.2, -0.15) is 0 Å². The van der Waals surface area contributed by atoms with E-state index in [1.165, 1.54) is 81.7 Å². The first-order valence-corrected chi connectivity index (χ1v) is 53.3. The van der Waals surface area contributed by atoms with Crippen LogP contribution in [0.2, 0.25) is 0 Å². The maximum atomic E-state index is 16.6. The SMILES string of the molecule is O=P(C1=CC2=CC=C3CC=CC4=C3C2C(=C1)C=C4)(c1ccccc1)c1ccc2c(c1)nc1c3ccc4ccccc4c3c3ccccc3n21.O=P(c1ccc2ccccc2c1)(c1ccc2ccc3cccnc3c2n1)c1cccc2nc3c4ccc5ccccc5c4c4ccccc4n3c12.O=P(c1ccccc1)(c1ccc2nccnc2c1)c1ccc2nc3c4ccc5ccccc5c4c4ccccc4n3c2c1. The van der Waals surface area contributed by atoms with Gasteiger partial charge in [-0.3, -0.25) is 28.2 Å². The van der Waals surface area contributed by atoms with E-state index in [0.29, 0.717) is 10.7 Å². The number of allylic oxidation sites excluding steroid dienone is 14. The molecule has 31 rings (SSSR count). The standard InChI is InChI=1S/C45H27N4OP.C45H29N2OP.C37H23N4OP/c50-51(33-23-20-28-9-1-2-11-32(28)27-33,40-25-22-31-19-18-30-12-8-26-46-42(30)43(31)48-40)39-17-7-15-37-44(39)49-38-16-6-5-14-35(38)41-34-13-4-3-10-29(34)21-24-36(41)45(49)47-37;48-49(33-12-2-1-3-13-33,35-25-31-19-17-29-10-8-11-30-18-20-32(26-35)43(31)42(29)30)34-22-24-41-39(27-34)46-45-38-23-21-28-9-4-5-14-36(28)44(38)37-15-6-7-16-40(37)47(41)45;42-43(25-9-2-1-3-10-25,26-15-18-31-33(22-26)39-21-20-38-31)27-16-19-32-35(23-27)41-34-13-7-6-12-29(34)36-28-11-5-4-8-24(28)14-17-30(36)37(41)40-32/h1-27H;1-10,12-27,43H,11H2;1-23H. The summed E-state index contributed by atoms with van der Waals surface area (Å²) in [6, 6.07) is 135. The van der Waals surface area contributed by atoms with E-state index < -0.39 is 21.4 Å². The molecule has 4 atom stereocenters. The quantitative estimate of drug-likeness (QED) is 0.101. The zero-order valence-electron chi connectivity index (χ0n) is 76.7. The summed E-state index contributed by atoms with van der Waals surface area (Å²) in [6.45, 7) is 0. The smallest absolute Gasteiger partial charge is 0.190 e. The maximum Gasteiger partial charge on any atom is 0.190 e. The molecular formula is C127H79N10O3P3. The third-order valence-corrected chi connectivity index (χ3v) is 38.8. The van der Waals surface area contributed by atoms with Crippen LogP contribution in [0.15, 0.2) is 495 Å². The number of aromatic nitrogens is 10. The summed E-state index contributed by atoms with van der Waals surface area (Å²) in [5.74, 6) is 0.191. The molecule has 16 heteroatoms. The molecule has 13 nitrogen and oxygen atoms in total. The van der Waals surface area contributed by atoms with Gasteiger partial charge in [-0.25, -0.2) is 19.9 Å². The van der Waals surface area contributed by atoms with E-state index in [2.05, 4.69) is 314 Å². The lowest BCUT2D eigenvalue weighted by atomic mass is 9.69. The number of hydrogen-bond donors (Lipinski definition) is 0. The molecule has 0 radical (unpaired) electrons. The van der Waals surface area contributed by atoms with Crippen molar-refractivity contribution < 1.29 is 13.7 Å². The van der Waals surface area contributed by atoms with Crippen molar-refractivity contribution in [2.24, 2.45) is 5.92 Å². The molecule has 0 saturated heterocycles. The van der Waals surface area contributed by atoms with E-state index in [9.17, 15) is 0 Å². The summed E-state index contributed by atoms with van der Waals surface area (Å²) < 4.78 is 54.9. The first-order chi connectivity index (χ1) is 70.5. The fourth-order valence-corrected chi connectivity index (χ4v) is 31.4. The number of hydrogen-bond acceptors (Lipinski definition) is 10. The largest absolute Gasteiger partial charge is 0.309 e. The fraction of sp³-hybridized carbons (Fsp3) is 0.0157. The molecular weight excluding hydrogens is 1810 g/mol. The molecule has 0 N–H and O–H groups in total. The Kier molecular flexibility index (Phi) is 18.5. The van der Waals surface area contributed by atoms with Gasteiger partial charge in [0.1, 0.15) is 22.4 Å². The predicted octanol–water partition coefficient (Wildman–Crippen LogP) is 27.8. The highest BCUT2D eigenvalue weighted by molar-refractivity contribution is 7.86. The van der Waals surface area contributed by atoms with Gasteiger partial charge in [-0.15, -0.1) is 0 Å². The molecule has 0 fully saturated rings. The topological polar surface area (TPSA) is 155 Å². The molecule has 143 heavy (non-hydrogen) atoms. The summed E-state index contributed by atoms with van der Waals surface area (Å²) in [5.41, 5.74) is 21.1. The molecule has 670 valence electrons. The highest BCUT2D eigenvalue weighted by Gasteiger charge is 2.41. The average molecular weight is 1890 g/mol. The Morgan fingerprint density at radius 1 is 0.273 bits per heavy atom. The number of imidazole rings is 3. The second-order valence-corrected chi connectivity index (χ2v) is 45.6. The second-order valence-electron chi connectivity index (χ2n) is 37.4. The van der Waals surface area contributed by atoms with E-state index in [-0.39, 0.29) is 5.92 Å². The molecule has 0 spiro atoms. The van der Waals surface area contributed by atoms with Crippen LogP contribution in [0.25, 0.3) is 191 Å². The van der Waals surface area contributed by atoms with Crippen molar-refractivity contribution in [1.29, 1.82) is 0 Å². The van der Waals surface area contributed by atoms with Crippen LogP contribution < -0.4 is 42.6 Å². The number of nitrogens with zero attached hydrogens (tertiary/aromatic N) is 10. The third-order valence-electron chi connectivity index (χ3n) is 29.8. The zero-order chi connectivity index (χ0) is 94.5. The van der Waals surface area contributed by atoms with Gasteiger partial charge in [0.15, 0.2) is 21.4 Å². The molecule has 4 aliphatic carbocycles. The van der Waals surface area contributed by atoms with Gasteiger partial charge in [-0.05, 0) is 211 Å². The predicted molar refractivity (Wildman–Crippen MR) is 595 cm³/mol. The van der Waals surface area contributed by atoms with Crippen LogP contribution >= 0.6 is 21.4 Å². The minimum Gasteiger partial charge on any atom is -0.309 e. The Labute approximate surface area is 817 Å². The van der Waals surface area contributed by atoms with Gasteiger partial charge < -0.3 is 13.7 Å². The fourth-order valence-electron chi connectivity index (χ4n) is 23.3. The number of pyridine rings is 5. The van der Waals surface area contributed by atoms with E-state index in [1.54, 1.807) is 18.6 Å². The van der Waals surface area contributed by atoms with Crippen LogP contribution in [-0.4, -0.2) is 48.1 Å². The average Bonchev–Trinajstić information content (AvgIpc) is 1.64. The number of fused-ring (bicyclic) bond motifs is 35. The maximum absolute atomic E-state index is 16.6. The summed E-state index contributed by atoms with van der Waals surface area (Å²) in [5, 5.41) is 27.7. The summed E-state index contributed by atoms with van der Waals surface area (Å²) in [4.78, 5) is 34.7. The molecule has 0 amide bonds. The molecule has 0 bridgehead atoms.